The Morgan fingerprint density at radius 3 is 2.40 bits per heavy atom. The standard InChI is InChI=1S/C39H42N4O4S/c1-27(2)20-33-26-47-37-22-35(38-28(3)12-10-13-29(38)4)40-39(41-37)42-48(44,45)34-18-11-16-31(21-34)23-43(33)24-32-17-8-9-19-36(32)46-25-30-14-6-5-7-15-30/h5-19,21-22,27,33H,20,23-26H2,1-4H3,(H,40,41,42)/t33-/m1/s1. The molecule has 6 rings (SSSR count). The lowest BCUT2D eigenvalue weighted by molar-refractivity contribution is 0.101. The molecule has 5 aromatic rings. The van der Waals surface area contributed by atoms with E-state index >= 15 is 0 Å². The molecule has 4 bridgehead atoms. The molecule has 8 nitrogen and oxygen atoms in total. The third kappa shape index (κ3) is 8.03. The van der Waals surface area contributed by atoms with E-state index in [1.807, 2.05) is 74.5 Å². The Hall–Kier alpha value is -4.73. The van der Waals surface area contributed by atoms with Crippen LogP contribution in [0.3, 0.4) is 0 Å². The predicted octanol–water partition coefficient (Wildman–Crippen LogP) is 7.95. The third-order valence-electron chi connectivity index (χ3n) is 8.53. The van der Waals surface area contributed by atoms with Crippen molar-refractivity contribution in [3.05, 3.63) is 131 Å². The summed E-state index contributed by atoms with van der Waals surface area (Å²) in [5.41, 5.74) is 6.57. The summed E-state index contributed by atoms with van der Waals surface area (Å²) >= 11 is 0. The third-order valence-corrected chi connectivity index (χ3v) is 9.85. The molecule has 0 radical (unpaired) electrons. The largest absolute Gasteiger partial charge is 0.489 e. The molecule has 0 saturated heterocycles. The van der Waals surface area contributed by atoms with Gasteiger partial charge in [0.2, 0.25) is 11.8 Å². The quantitative estimate of drug-likeness (QED) is 0.180. The molecular formula is C39H42N4O4S. The van der Waals surface area contributed by atoms with Crippen LogP contribution in [-0.2, 0) is 29.7 Å². The maximum atomic E-state index is 13.7. The van der Waals surface area contributed by atoms with Gasteiger partial charge in [-0.3, -0.25) is 4.90 Å². The number of sulfonamides is 1. The first-order valence-electron chi connectivity index (χ1n) is 16.3. The Kier molecular flexibility index (Phi) is 10.1. The van der Waals surface area contributed by atoms with Crippen molar-refractivity contribution < 1.29 is 17.9 Å². The van der Waals surface area contributed by atoms with Gasteiger partial charge in [-0.25, -0.2) is 18.1 Å². The van der Waals surface area contributed by atoms with E-state index in [1.54, 1.807) is 24.3 Å². The maximum Gasteiger partial charge on any atom is 0.264 e. The molecule has 1 aromatic heterocycles. The van der Waals surface area contributed by atoms with E-state index in [-0.39, 0.29) is 16.9 Å². The minimum absolute atomic E-state index is 0.0248. The van der Waals surface area contributed by atoms with Crippen molar-refractivity contribution in [1.82, 2.24) is 14.9 Å². The Morgan fingerprint density at radius 1 is 0.896 bits per heavy atom. The lowest BCUT2D eigenvalue weighted by Crippen LogP contribution is -2.40. The topological polar surface area (TPSA) is 93.7 Å². The molecule has 4 aromatic carbocycles. The lowest BCUT2D eigenvalue weighted by atomic mass is 10.00. The Morgan fingerprint density at radius 2 is 1.62 bits per heavy atom. The SMILES string of the molecule is Cc1cccc(C)c1-c1cc2nc(n1)NS(=O)(=O)c1cccc(c1)CN(Cc1ccccc1OCc1ccccc1)[C@H](CC(C)C)CO2. The van der Waals surface area contributed by atoms with Crippen LogP contribution in [0, 0.1) is 19.8 Å². The fraction of sp³-hybridized carbons (Fsp3) is 0.282. The number of hydrogen-bond donors (Lipinski definition) is 1. The molecule has 48 heavy (non-hydrogen) atoms. The van der Waals surface area contributed by atoms with Gasteiger partial charge in [-0.15, -0.1) is 0 Å². The summed E-state index contributed by atoms with van der Waals surface area (Å²) < 4.78 is 42.9. The first-order chi connectivity index (χ1) is 23.1. The van der Waals surface area contributed by atoms with E-state index < -0.39 is 10.0 Å². The van der Waals surface area contributed by atoms with Crippen molar-refractivity contribution in [2.75, 3.05) is 11.3 Å². The fourth-order valence-electron chi connectivity index (χ4n) is 6.21. The van der Waals surface area contributed by atoms with Crippen molar-refractivity contribution in [2.24, 2.45) is 5.92 Å². The highest BCUT2D eigenvalue weighted by atomic mass is 32.2. The van der Waals surface area contributed by atoms with Gasteiger partial charge in [0.1, 0.15) is 19.0 Å². The van der Waals surface area contributed by atoms with Gasteiger partial charge >= 0.3 is 0 Å². The van der Waals surface area contributed by atoms with Gasteiger partial charge in [-0.2, -0.15) is 4.98 Å². The van der Waals surface area contributed by atoms with E-state index in [2.05, 4.69) is 51.6 Å². The van der Waals surface area contributed by atoms with Crippen molar-refractivity contribution in [3.8, 4) is 22.9 Å². The summed E-state index contributed by atoms with van der Waals surface area (Å²) in [5.74, 6) is 1.47. The van der Waals surface area contributed by atoms with Crippen LogP contribution in [0.1, 0.15) is 48.1 Å². The molecule has 1 aliphatic heterocycles. The summed E-state index contributed by atoms with van der Waals surface area (Å²) in [7, 11) is -4.00. The van der Waals surface area contributed by atoms with Crippen LogP contribution in [0.15, 0.2) is 108 Å². The molecule has 1 atom stereocenters. The smallest absolute Gasteiger partial charge is 0.264 e. The van der Waals surface area contributed by atoms with E-state index in [0.717, 1.165) is 45.6 Å². The molecule has 0 amide bonds. The molecule has 0 fully saturated rings. The number of benzene rings is 4. The highest BCUT2D eigenvalue weighted by Gasteiger charge is 2.26. The van der Waals surface area contributed by atoms with Gasteiger partial charge < -0.3 is 9.47 Å². The molecule has 0 unspecified atom stereocenters. The van der Waals surface area contributed by atoms with Crippen LogP contribution < -0.4 is 14.2 Å². The average molecular weight is 663 g/mol. The molecule has 1 N–H and O–H groups in total. The minimum Gasteiger partial charge on any atom is -0.489 e. The van der Waals surface area contributed by atoms with E-state index in [9.17, 15) is 8.42 Å². The number of anilines is 1. The number of hydrogen-bond acceptors (Lipinski definition) is 7. The number of aromatic nitrogens is 2. The van der Waals surface area contributed by atoms with Gasteiger partial charge in [0.05, 0.1) is 10.6 Å². The zero-order chi connectivity index (χ0) is 33.7. The van der Waals surface area contributed by atoms with Crippen LogP contribution in [0.2, 0.25) is 0 Å². The molecule has 2 heterocycles. The molecule has 248 valence electrons. The summed E-state index contributed by atoms with van der Waals surface area (Å²) in [6.07, 6.45) is 0.852. The van der Waals surface area contributed by atoms with E-state index in [0.29, 0.717) is 43.8 Å². The molecule has 0 spiro atoms. The zero-order valence-corrected chi connectivity index (χ0v) is 28.7. The lowest BCUT2D eigenvalue weighted by Gasteiger charge is -2.33. The van der Waals surface area contributed by atoms with Crippen molar-refractivity contribution in [1.29, 1.82) is 0 Å². The second kappa shape index (κ2) is 14.6. The number of aryl methyl sites for hydroxylation is 2. The summed E-state index contributed by atoms with van der Waals surface area (Å²) in [6, 6.07) is 33.1. The number of para-hydroxylation sites is 1. The van der Waals surface area contributed by atoms with Crippen LogP contribution in [-0.4, -0.2) is 35.9 Å². The summed E-state index contributed by atoms with van der Waals surface area (Å²) in [4.78, 5) is 11.7. The summed E-state index contributed by atoms with van der Waals surface area (Å²) in [6.45, 7) is 10.3. The van der Waals surface area contributed by atoms with Crippen molar-refractivity contribution in [2.45, 2.75) is 64.7 Å². The second-order valence-electron chi connectivity index (χ2n) is 12.8. The van der Waals surface area contributed by atoms with E-state index in [4.69, 9.17) is 9.47 Å². The van der Waals surface area contributed by atoms with Crippen molar-refractivity contribution in [3.63, 3.8) is 0 Å². The Labute approximate surface area is 283 Å². The maximum absolute atomic E-state index is 13.7. The first-order valence-corrected chi connectivity index (χ1v) is 17.8. The molecule has 9 heteroatoms. The van der Waals surface area contributed by atoms with Crippen LogP contribution in [0.4, 0.5) is 5.95 Å². The number of rotatable bonds is 8. The average Bonchev–Trinajstić information content (AvgIpc) is 3.06. The van der Waals surface area contributed by atoms with Gasteiger partial charge in [0.15, 0.2) is 0 Å². The van der Waals surface area contributed by atoms with E-state index in [1.165, 1.54) is 0 Å². The zero-order valence-electron chi connectivity index (χ0n) is 27.9. The van der Waals surface area contributed by atoms with Gasteiger partial charge in [-0.1, -0.05) is 92.7 Å². The Balaban J connectivity index is 1.40. The van der Waals surface area contributed by atoms with Crippen LogP contribution >= 0.6 is 0 Å². The highest BCUT2D eigenvalue weighted by Crippen LogP contribution is 2.31. The van der Waals surface area contributed by atoms with Crippen LogP contribution in [0.5, 0.6) is 11.6 Å². The molecule has 0 saturated carbocycles. The number of nitrogens with one attached hydrogen (secondary N) is 1. The second-order valence-corrected chi connectivity index (χ2v) is 14.5. The van der Waals surface area contributed by atoms with Crippen LogP contribution in [0.25, 0.3) is 11.3 Å². The number of nitrogens with zero attached hydrogens (tertiary/aromatic N) is 3. The minimum atomic E-state index is -4.00. The van der Waals surface area contributed by atoms with Gasteiger partial charge in [0.25, 0.3) is 10.0 Å². The summed E-state index contributed by atoms with van der Waals surface area (Å²) in [5, 5.41) is 0. The number of ether oxygens (including phenoxy) is 2. The Bertz CT molecular complexity index is 1960. The molecular weight excluding hydrogens is 621 g/mol. The highest BCUT2D eigenvalue weighted by molar-refractivity contribution is 7.92. The van der Waals surface area contributed by atoms with Gasteiger partial charge in [0, 0.05) is 36.3 Å². The molecule has 0 aliphatic carbocycles. The number of fused-ring (bicyclic) bond motifs is 4. The normalized spacial score (nSPS) is 16.1. The van der Waals surface area contributed by atoms with Crippen molar-refractivity contribution >= 4 is 16.0 Å². The van der Waals surface area contributed by atoms with Gasteiger partial charge in [-0.05, 0) is 66.6 Å². The first kappa shape index (κ1) is 33.2. The predicted molar refractivity (Wildman–Crippen MR) is 189 cm³/mol. The monoisotopic (exact) mass is 662 g/mol. The fourth-order valence-corrected chi connectivity index (χ4v) is 7.22. The molecule has 1 aliphatic rings.